The van der Waals surface area contributed by atoms with Crippen molar-refractivity contribution < 1.29 is 4.79 Å². The van der Waals surface area contributed by atoms with Crippen LogP contribution in [-0.2, 0) is 4.79 Å². The van der Waals surface area contributed by atoms with Crippen LogP contribution in [0.1, 0.15) is 12.6 Å². The Morgan fingerprint density at radius 3 is 3.25 bits per heavy atom. The van der Waals surface area contributed by atoms with Crippen LogP contribution in [0.15, 0.2) is 18.6 Å². The molecule has 1 rings (SSSR count). The second kappa shape index (κ2) is 4.77. The molecular formula is C8H10N2OS. The van der Waals surface area contributed by atoms with Gasteiger partial charge in [0.1, 0.15) is 0 Å². The first-order valence-corrected chi connectivity index (χ1v) is 4.56. The minimum atomic E-state index is 0.143. The van der Waals surface area contributed by atoms with Crippen LogP contribution in [0, 0.1) is 0 Å². The van der Waals surface area contributed by atoms with E-state index in [2.05, 4.69) is 9.97 Å². The molecule has 1 aromatic rings. The number of carbonyl (C=O) groups is 1. The van der Waals surface area contributed by atoms with Crippen molar-refractivity contribution in [1.29, 1.82) is 0 Å². The Morgan fingerprint density at radius 1 is 1.83 bits per heavy atom. The molecule has 12 heavy (non-hydrogen) atoms. The van der Waals surface area contributed by atoms with Gasteiger partial charge in [0, 0.05) is 12.7 Å². The van der Waals surface area contributed by atoms with Crippen LogP contribution in [0.3, 0.4) is 0 Å². The monoisotopic (exact) mass is 182 g/mol. The predicted molar refractivity (Wildman–Crippen MR) is 50.8 cm³/mol. The summed E-state index contributed by atoms with van der Waals surface area (Å²) < 4.78 is 0. The number of thioether (sulfide) groups is 1. The maximum absolute atomic E-state index is 10.5. The van der Waals surface area contributed by atoms with Gasteiger partial charge in [-0.2, -0.15) is 0 Å². The van der Waals surface area contributed by atoms with E-state index in [1.54, 1.807) is 19.4 Å². The number of carbonyl (C=O) groups excluding carboxylic acids is 1. The summed E-state index contributed by atoms with van der Waals surface area (Å²) in [4.78, 5) is 17.3. The topological polar surface area (TPSA) is 45.8 Å². The van der Waals surface area contributed by atoms with Gasteiger partial charge in [0.25, 0.3) is 0 Å². The molecule has 3 nitrogen and oxygen atoms in total. The Morgan fingerprint density at radius 2 is 2.67 bits per heavy atom. The maximum Gasteiger partial charge on any atom is 0.186 e. The highest BCUT2D eigenvalue weighted by atomic mass is 32.2. The quantitative estimate of drug-likeness (QED) is 0.774. The van der Waals surface area contributed by atoms with Gasteiger partial charge in [0.2, 0.25) is 0 Å². The highest BCUT2D eigenvalue weighted by molar-refractivity contribution is 8.13. The fraction of sp³-hybridized carbons (Fsp3) is 0.250. The normalized spacial score (nSPS) is 10.8. The summed E-state index contributed by atoms with van der Waals surface area (Å²) in [6, 6.07) is 0. The van der Waals surface area contributed by atoms with Gasteiger partial charge in [-0.15, -0.1) is 0 Å². The zero-order chi connectivity index (χ0) is 8.81. The zero-order valence-electron chi connectivity index (χ0n) is 6.78. The van der Waals surface area contributed by atoms with E-state index in [9.17, 15) is 4.79 Å². The van der Waals surface area contributed by atoms with E-state index in [4.69, 9.17) is 0 Å². The van der Waals surface area contributed by atoms with E-state index >= 15 is 0 Å². The molecule has 64 valence electrons. The fourth-order valence-electron chi connectivity index (χ4n) is 0.698. The number of H-pyrrole nitrogens is 1. The third-order valence-corrected chi connectivity index (χ3v) is 1.97. The minimum Gasteiger partial charge on any atom is -0.345 e. The molecule has 0 amide bonds. The fourth-order valence-corrected chi connectivity index (χ4v) is 1.13. The first-order valence-electron chi connectivity index (χ1n) is 3.57. The summed E-state index contributed by atoms with van der Waals surface area (Å²) >= 11 is 1.29. The van der Waals surface area contributed by atoms with Crippen molar-refractivity contribution in [3.05, 3.63) is 24.3 Å². The van der Waals surface area contributed by atoms with Crippen LogP contribution in [0.2, 0.25) is 0 Å². The average Bonchev–Trinajstić information content (AvgIpc) is 2.49. The number of hydrogen-bond donors (Lipinski definition) is 1. The van der Waals surface area contributed by atoms with E-state index in [0.717, 1.165) is 5.69 Å². The van der Waals surface area contributed by atoms with Gasteiger partial charge in [-0.05, 0) is 6.08 Å². The molecule has 1 N–H and O–H groups in total. The van der Waals surface area contributed by atoms with Crippen LogP contribution < -0.4 is 0 Å². The molecule has 0 saturated heterocycles. The second-order valence-electron chi connectivity index (χ2n) is 2.21. The van der Waals surface area contributed by atoms with Crippen molar-refractivity contribution in [3.63, 3.8) is 0 Å². The largest absolute Gasteiger partial charge is 0.345 e. The Bertz CT molecular complexity index is 267. The highest BCUT2D eigenvalue weighted by Crippen LogP contribution is 2.02. The van der Waals surface area contributed by atoms with E-state index in [1.807, 2.05) is 12.2 Å². The summed E-state index contributed by atoms with van der Waals surface area (Å²) in [7, 11) is 0. The third-order valence-electron chi connectivity index (χ3n) is 1.20. The standard InChI is InChI=1S/C8H10N2OS/c1-7(11)12-4-2-3-8-5-9-6-10-8/h2-3,5-6H,4H2,1H3,(H,9,10). The summed E-state index contributed by atoms with van der Waals surface area (Å²) in [6.45, 7) is 1.56. The van der Waals surface area contributed by atoms with Crippen molar-refractivity contribution in [2.45, 2.75) is 6.92 Å². The molecule has 0 aliphatic heterocycles. The van der Waals surface area contributed by atoms with Gasteiger partial charge < -0.3 is 4.98 Å². The van der Waals surface area contributed by atoms with E-state index in [1.165, 1.54) is 11.8 Å². The zero-order valence-corrected chi connectivity index (χ0v) is 7.60. The van der Waals surface area contributed by atoms with Crippen LogP contribution in [0.5, 0.6) is 0 Å². The van der Waals surface area contributed by atoms with Crippen molar-refractivity contribution in [1.82, 2.24) is 9.97 Å². The molecule has 1 heterocycles. The van der Waals surface area contributed by atoms with E-state index in [0.29, 0.717) is 5.75 Å². The second-order valence-corrected chi connectivity index (χ2v) is 3.41. The SMILES string of the molecule is CC(=O)SCC=Cc1cnc[nH]1. The Labute approximate surface area is 75.3 Å². The van der Waals surface area contributed by atoms with Crippen molar-refractivity contribution in [2.24, 2.45) is 0 Å². The van der Waals surface area contributed by atoms with Crippen molar-refractivity contribution in [2.75, 3.05) is 5.75 Å². The summed E-state index contributed by atoms with van der Waals surface area (Å²) in [5.74, 6) is 0.717. The molecular weight excluding hydrogens is 172 g/mol. The molecule has 0 atom stereocenters. The Hall–Kier alpha value is -1.03. The number of nitrogens with zero attached hydrogens (tertiary/aromatic N) is 1. The van der Waals surface area contributed by atoms with Crippen LogP contribution in [-0.4, -0.2) is 20.8 Å². The lowest BCUT2D eigenvalue weighted by Gasteiger charge is -1.87. The van der Waals surface area contributed by atoms with E-state index in [-0.39, 0.29) is 5.12 Å². The predicted octanol–water partition coefficient (Wildman–Crippen LogP) is 1.70. The molecule has 0 bridgehead atoms. The summed E-state index contributed by atoms with van der Waals surface area (Å²) in [6.07, 6.45) is 7.19. The maximum atomic E-state index is 10.5. The average molecular weight is 182 g/mol. The molecule has 0 aliphatic rings. The smallest absolute Gasteiger partial charge is 0.186 e. The van der Waals surface area contributed by atoms with Gasteiger partial charge in [-0.1, -0.05) is 17.8 Å². The van der Waals surface area contributed by atoms with Crippen LogP contribution >= 0.6 is 11.8 Å². The summed E-state index contributed by atoms with van der Waals surface area (Å²) in [5, 5.41) is 0.143. The number of nitrogens with one attached hydrogen (secondary N) is 1. The number of hydrogen-bond acceptors (Lipinski definition) is 3. The van der Waals surface area contributed by atoms with Gasteiger partial charge in [0.05, 0.1) is 18.2 Å². The van der Waals surface area contributed by atoms with Crippen molar-refractivity contribution >= 4 is 23.0 Å². The highest BCUT2D eigenvalue weighted by Gasteiger charge is 1.89. The molecule has 1 aromatic heterocycles. The van der Waals surface area contributed by atoms with Crippen LogP contribution in [0.4, 0.5) is 0 Å². The Balaban J connectivity index is 2.27. The number of aromatic amines is 1. The molecule has 0 spiro atoms. The molecule has 0 radical (unpaired) electrons. The Kier molecular flexibility index (Phi) is 3.60. The summed E-state index contributed by atoms with van der Waals surface area (Å²) in [5.41, 5.74) is 0.958. The molecule has 4 heteroatoms. The minimum absolute atomic E-state index is 0.143. The van der Waals surface area contributed by atoms with Gasteiger partial charge >= 0.3 is 0 Å². The molecule has 0 fully saturated rings. The molecule has 0 aliphatic carbocycles. The molecule has 0 aromatic carbocycles. The molecule has 0 unspecified atom stereocenters. The number of rotatable bonds is 3. The lowest BCUT2D eigenvalue weighted by atomic mass is 10.4. The number of aromatic nitrogens is 2. The molecule has 0 saturated carbocycles. The third kappa shape index (κ3) is 3.39. The lowest BCUT2D eigenvalue weighted by molar-refractivity contribution is -0.109. The van der Waals surface area contributed by atoms with Crippen molar-refractivity contribution in [3.8, 4) is 0 Å². The lowest BCUT2D eigenvalue weighted by Crippen LogP contribution is -1.81. The van der Waals surface area contributed by atoms with Gasteiger partial charge in [0.15, 0.2) is 5.12 Å². The van der Waals surface area contributed by atoms with Gasteiger partial charge in [-0.25, -0.2) is 4.98 Å². The van der Waals surface area contributed by atoms with Crippen LogP contribution in [0.25, 0.3) is 6.08 Å². The first-order chi connectivity index (χ1) is 5.79. The number of imidazole rings is 1. The first kappa shape index (κ1) is 9.06. The van der Waals surface area contributed by atoms with Gasteiger partial charge in [-0.3, -0.25) is 4.79 Å². The van der Waals surface area contributed by atoms with E-state index < -0.39 is 0 Å².